The molecular formula is C3H9O3P. The lowest BCUT2D eigenvalue weighted by atomic mass is 11.4. The van der Waals surface area contributed by atoms with Gasteiger partial charge in [-0.25, -0.2) is 0 Å². The molecule has 0 saturated carbocycles. The molecular weight excluding hydrogens is 115 g/mol. The summed E-state index contributed by atoms with van der Waals surface area (Å²) >= 11 is 0. The first-order chi connectivity index (χ1) is 3.27. The number of hydrogen-bond donors (Lipinski definition) is 0. The van der Waals surface area contributed by atoms with E-state index in [1.165, 1.54) is 0 Å². The zero-order chi connectivity index (χ0) is 6.28. The second-order valence-electron chi connectivity index (χ2n) is 0.454. The van der Waals surface area contributed by atoms with Gasteiger partial charge in [0, 0.05) is 13.8 Å². The first kappa shape index (κ1) is 9.85. The van der Waals surface area contributed by atoms with Gasteiger partial charge in [-0.15, -0.1) is 0 Å². The maximum Gasteiger partial charge on any atom is 0.251 e. The predicted octanol–water partition coefficient (Wildman–Crippen LogP) is -0.800. The van der Waals surface area contributed by atoms with Crippen molar-refractivity contribution >= 4 is 15.4 Å². The lowest BCUT2D eigenvalue weighted by Gasteiger charge is -1.92. The third-order valence-electron chi connectivity index (χ3n) is 0.167. The van der Waals surface area contributed by atoms with E-state index in [9.17, 15) is 0 Å². The Morgan fingerprint density at radius 1 is 1.71 bits per heavy atom. The molecule has 0 aromatic carbocycles. The highest BCUT2D eigenvalue weighted by Crippen LogP contribution is 1.53. The first-order valence-corrected chi connectivity index (χ1v) is 3.14. The number of carboxylic acid groups (broad SMARTS) is 1. The number of hydrogen-bond acceptors (Lipinski definition) is 3. The summed E-state index contributed by atoms with van der Waals surface area (Å²) in [5.41, 5.74) is 0. The fourth-order valence-electron chi connectivity index (χ4n) is 0. The van der Waals surface area contributed by atoms with Crippen LogP contribution in [0, 0.1) is 0 Å². The highest BCUT2D eigenvalue weighted by atomic mass is 31.0. The summed E-state index contributed by atoms with van der Waals surface area (Å²) in [7, 11) is 2.90. The molecule has 0 aromatic heterocycles. The van der Waals surface area contributed by atoms with E-state index in [-0.39, 0.29) is 0 Å². The average Bonchev–Trinajstić information content (AvgIpc) is 1.73. The van der Waals surface area contributed by atoms with Crippen molar-refractivity contribution < 1.29 is 14.6 Å². The standard InChI is InChI=1S/C2H4O3.CH5P/c1-5-2(3)4;1-2/h1H3,(H,3,4);2H2,1H3. The fraction of sp³-hybridized carbons (Fsp3) is 0.667. The van der Waals surface area contributed by atoms with E-state index in [0.29, 0.717) is 0 Å². The number of rotatable bonds is 0. The maximum atomic E-state index is 9.03. The number of methoxy groups -OCH3 is 1. The number of ether oxygens (including phenoxy) is 1. The Bertz CT molecular complexity index is 45.4. The van der Waals surface area contributed by atoms with Gasteiger partial charge in [-0.1, -0.05) is 0 Å². The van der Waals surface area contributed by atoms with Gasteiger partial charge in [0.2, 0.25) is 0 Å². The average molecular weight is 124 g/mol. The predicted molar refractivity (Wildman–Crippen MR) is 29.4 cm³/mol. The van der Waals surface area contributed by atoms with Crippen molar-refractivity contribution in [1.29, 1.82) is 0 Å². The quantitative estimate of drug-likeness (QED) is 0.314. The van der Waals surface area contributed by atoms with Gasteiger partial charge in [-0.05, 0) is 9.24 Å². The summed E-state index contributed by atoms with van der Waals surface area (Å²) in [5, 5.41) is 9.03. The van der Waals surface area contributed by atoms with Crippen molar-refractivity contribution in [2.45, 2.75) is 0 Å². The zero-order valence-corrected chi connectivity index (χ0v) is 5.85. The van der Waals surface area contributed by atoms with Crippen molar-refractivity contribution in [2.75, 3.05) is 13.8 Å². The normalized spacial score (nSPS) is 6.00. The largest absolute Gasteiger partial charge is 0.553 e. The molecule has 1 atom stereocenters. The van der Waals surface area contributed by atoms with Crippen LogP contribution in [0.5, 0.6) is 0 Å². The molecule has 0 fully saturated rings. The first-order valence-electron chi connectivity index (χ1n) is 1.73. The summed E-state index contributed by atoms with van der Waals surface area (Å²) in [6.45, 7) is 2.03. The Hall–Kier alpha value is -0.300. The van der Waals surface area contributed by atoms with Gasteiger partial charge in [0.1, 0.15) is 0 Å². The molecule has 0 aliphatic rings. The fourth-order valence-corrected chi connectivity index (χ4v) is 0. The summed E-state index contributed by atoms with van der Waals surface area (Å²) in [6.07, 6.45) is -1.50. The lowest BCUT2D eigenvalue weighted by molar-refractivity contribution is -0.279. The van der Waals surface area contributed by atoms with Gasteiger partial charge in [0.05, 0.1) is 0 Å². The highest BCUT2D eigenvalue weighted by molar-refractivity contribution is 7.15. The van der Waals surface area contributed by atoms with Crippen LogP contribution >= 0.6 is 9.24 Å². The monoisotopic (exact) mass is 124 g/mol. The molecule has 0 heterocycles. The van der Waals surface area contributed by atoms with Crippen LogP contribution in [0.4, 0.5) is 4.79 Å². The molecule has 44 valence electrons. The molecule has 0 radical (unpaired) electrons. The Balaban J connectivity index is 0. The lowest BCUT2D eigenvalue weighted by Crippen LogP contribution is -2.21. The second-order valence-corrected chi connectivity index (χ2v) is 0.454. The van der Waals surface area contributed by atoms with Crippen molar-refractivity contribution in [2.24, 2.45) is 0 Å². The van der Waals surface area contributed by atoms with Gasteiger partial charge >= 0.3 is 0 Å². The molecule has 0 bridgehead atoms. The number of carbonyl (C=O) groups excluding carboxylic acids is 1. The summed E-state index contributed by atoms with van der Waals surface area (Å²) < 4.78 is 3.56. The Morgan fingerprint density at radius 3 is 1.86 bits per heavy atom. The van der Waals surface area contributed by atoms with Crippen molar-refractivity contribution in [3.8, 4) is 0 Å². The van der Waals surface area contributed by atoms with Crippen LogP contribution in [-0.4, -0.2) is 19.9 Å². The molecule has 0 amide bonds. The Morgan fingerprint density at radius 2 is 1.86 bits per heavy atom. The van der Waals surface area contributed by atoms with E-state index in [2.05, 4.69) is 4.74 Å². The molecule has 0 spiro atoms. The molecule has 0 aromatic rings. The van der Waals surface area contributed by atoms with Gasteiger partial charge in [-0.3, -0.25) is 0 Å². The summed E-state index contributed by atoms with van der Waals surface area (Å²) in [5.74, 6) is 0. The van der Waals surface area contributed by atoms with Gasteiger partial charge in [0.15, 0.2) is 0 Å². The molecule has 0 N–H and O–H groups in total. The van der Waals surface area contributed by atoms with Crippen LogP contribution in [0.1, 0.15) is 0 Å². The van der Waals surface area contributed by atoms with Gasteiger partial charge < -0.3 is 14.6 Å². The van der Waals surface area contributed by atoms with Gasteiger partial charge in [-0.2, -0.15) is 0 Å². The summed E-state index contributed by atoms with van der Waals surface area (Å²) in [6, 6.07) is 0. The molecule has 0 aliphatic carbocycles. The smallest absolute Gasteiger partial charge is 0.251 e. The van der Waals surface area contributed by atoms with Crippen molar-refractivity contribution in [1.82, 2.24) is 0 Å². The zero-order valence-electron chi connectivity index (χ0n) is 4.43. The van der Waals surface area contributed by atoms with Crippen LogP contribution in [0.15, 0.2) is 0 Å². The number of carbonyl (C=O) groups is 1. The van der Waals surface area contributed by atoms with Crippen LogP contribution in [0.3, 0.4) is 0 Å². The van der Waals surface area contributed by atoms with E-state index < -0.39 is 6.16 Å². The molecule has 0 rings (SSSR count). The SMILES string of the molecule is COC(=O)[O-].C[PH3+]. The van der Waals surface area contributed by atoms with Crippen LogP contribution in [0.25, 0.3) is 0 Å². The van der Waals surface area contributed by atoms with E-state index in [1.807, 2.05) is 15.9 Å². The minimum absolute atomic E-state index is 1.04. The third-order valence-corrected chi connectivity index (χ3v) is 0.167. The Kier molecular flexibility index (Phi) is 12.9. The highest BCUT2D eigenvalue weighted by Gasteiger charge is 1.63. The summed E-state index contributed by atoms with van der Waals surface area (Å²) in [4.78, 5) is 9.03. The van der Waals surface area contributed by atoms with Crippen LogP contribution in [-0.2, 0) is 4.74 Å². The topological polar surface area (TPSA) is 49.4 Å². The van der Waals surface area contributed by atoms with E-state index in [0.717, 1.165) is 7.11 Å². The molecule has 0 aliphatic heterocycles. The van der Waals surface area contributed by atoms with E-state index in [1.54, 1.807) is 0 Å². The van der Waals surface area contributed by atoms with Gasteiger partial charge in [0.25, 0.3) is 6.16 Å². The van der Waals surface area contributed by atoms with E-state index in [4.69, 9.17) is 9.90 Å². The molecule has 1 unspecified atom stereocenters. The van der Waals surface area contributed by atoms with E-state index >= 15 is 0 Å². The third kappa shape index (κ3) is 27.0. The molecule has 7 heavy (non-hydrogen) atoms. The minimum atomic E-state index is -1.50. The molecule has 3 nitrogen and oxygen atoms in total. The minimum Gasteiger partial charge on any atom is -0.553 e. The van der Waals surface area contributed by atoms with Crippen molar-refractivity contribution in [3.05, 3.63) is 0 Å². The van der Waals surface area contributed by atoms with Crippen LogP contribution in [0.2, 0.25) is 0 Å². The molecule has 0 saturated heterocycles. The second kappa shape index (κ2) is 9.20. The maximum absolute atomic E-state index is 9.03. The molecule has 4 heteroatoms. The van der Waals surface area contributed by atoms with Crippen molar-refractivity contribution in [3.63, 3.8) is 0 Å². The Labute approximate surface area is 44.9 Å². The van der Waals surface area contributed by atoms with Crippen LogP contribution < -0.4 is 5.11 Å².